The molecule has 0 fully saturated rings. The Morgan fingerprint density at radius 2 is 1.88 bits per heavy atom. The van der Waals surface area contributed by atoms with Crippen molar-refractivity contribution < 1.29 is 9.53 Å². The number of aromatic amines is 1. The van der Waals surface area contributed by atoms with Crippen molar-refractivity contribution in [2.45, 2.75) is 32.9 Å². The Morgan fingerprint density at radius 3 is 2.54 bits per heavy atom. The Labute approximate surface area is 153 Å². The number of hydrogen-bond acceptors (Lipinski definition) is 3. The van der Waals surface area contributed by atoms with E-state index in [0.29, 0.717) is 18.1 Å². The van der Waals surface area contributed by atoms with E-state index in [2.05, 4.69) is 29.1 Å². The zero-order valence-corrected chi connectivity index (χ0v) is 15.5. The van der Waals surface area contributed by atoms with Crippen LogP contribution in [0, 0.1) is 5.92 Å². The second-order valence-corrected chi connectivity index (χ2v) is 6.92. The zero-order valence-electron chi connectivity index (χ0n) is 15.5. The molecule has 136 valence electrons. The summed E-state index contributed by atoms with van der Waals surface area (Å²) >= 11 is 0. The molecular formula is C21H25N3O2. The van der Waals surface area contributed by atoms with Crippen LogP contribution in [0.5, 0.6) is 0 Å². The van der Waals surface area contributed by atoms with Crippen LogP contribution >= 0.6 is 0 Å². The second-order valence-electron chi connectivity index (χ2n) is 6.92. The van der Waals surface area contributed by atoms with Gasteiger partial charge in [-0.25, -0.2) is 4.98 Å². The number of amides is 1. The molecule has 2 N–H and O–H groups in total. The molecule has 0 saturated carbocycles. The van der Waals surface area contributed by atoms with Crippen LogP contribution in [0.3, 0.4) is 0 Å². The molecule has 1 amide bonds. The van der Waals surface area contributed by atoms with Crippen molar-refractivity contribution in [1.29, 1.82) is 0 Å². The van der Waals surface area contributed by atoms with Gasteiger partial charge >= 0.3 is 0 Å². The third-order valence-electron chi connectivity index (χ3n) is 4.28. The molecule has 0 spiro atoms. The highest BCUT2D eigenvalue weighted by Crippen LogP contribution is 2.22. The first-order valence-corrected chi connectivity index (χ1v) is 8.90. The summed E-state index contributed by atoms with van der Waals surface area (Å²) in [4.78, 5) is 20.7. The Balaban J connectivity index is 1.80. The van der Waals surface area contributed by atoms with Gasteiger partial charge in [-0.1, -0.05) is 38.1 Å². The molecule has 0 bridgehead atoms. The van der Waals surface area contributed by atoms with Crippen LogP contribution < -0.4 is 5.32 Å². The van der Waals surface area contributed by atoms with Crippen molar-refractivity contribution in [3.05, 3.63) is 65.5 Å². The molecule has 1 unspecified atom stereocenters. The summed E-state index contributed by atoms with van der Waals surface area (Å²) < 4.78 is 5.11. The maximum atomic E-state index is 12.7. The summed E-state index contributed by atoms with van der Waals surface area (Å²) in [5.41, 5.74) is 3.57. The maximum Gasteiger partial charge on any atom is 0.251 e. The van der Waals surface area contributed by atoms with Gasteiger partial charge in [-0.05, 0) is 42.2 Å². The number of aromatic nitrogens is 2. The lowest BCUT2D eigenvalue weighted by molar-refractivity contribution is 0.0930. The van der Waals surface area contributed by atoms with E-state index < -0.39 is 0 Å². The van der Waals surface area contributed by atoms with Crippen molar-refractivity contribution >= 4 is 16.9 Å². The van der Waals surface area contributed by atoms with E-state index in [4.69, 9.17) is 4.74 Å². The van der Waals surface area contributed by atoms with Crippen LogP contribution in [-0.4, -0.2) is 23.0 Å². The van der Waals surface area contributed by atoms with Crippen molar-refractivity contribution in [3.8, 4) is 0 Å². The average molecular weight is 351 g/mol. The van der Waals surface area contributed by atoms with Crippen LogP contribution in [0.4, 0.5) is 0 Å². The molecular weight excluding hydrogens is 326 g/mol. The first kappa shape index (κ1) is 18.1. The largest absolute Gasteiger partial charge is 0.380 e. The molecule has 3 rings (SSSR count). The van der Waals surface area contributed by atoms with Gasteiger partial charge in [0.05, 0.1) is 23.7 Å². The standard InChI is InChI=1S/C21H25N3O2/c1-14(2)12-19(20-22-17-6-4-5-7-18(17)23-20)24-21(25)16-10-8-15(9-11-16)13-26-3/h4-11,14,19H,12-13H2,1-3H3,(H,22,23)(H,24,25). The molecule has 1 heterocycles. The van der Waals surface area contributed by atoms with Crippen LogP contribution in [-0.2, 0) is 11.3 Å². The molecule has 5 heteroatoms. The number of H-pyrrole nitrogens is 1. The molecule has 5 nitrogen and oxygen atoms in total. The molecule has 3 aromatic rings. The molecule has 1 atom stereocenters. The Bertz CT molecular complexity index is 835. The summed E-state index contributed by atoms with van der Waals surface area (Å²) in [5.74, 6) is 1.13. The van der Waals surface area contributed by atoms with Crippen molar-refractivity contribution in [3.63, 3.8) is 0 Å². The van der Waals surface area contributed by atoms with Gasteiger partial charge in [0.15, 0.2) is 0 Å². The van der Waals surface area contributed by atoms with Gasteiger partial charge in [-0.2, -0.15) is 0 Å². The van der Waals surface area contributed by atoms with Gasteiger partial charge < -0.3 is 15.0 Å². The summed E-state index contributed by atoms with van der Waals surface area (Å²) in [7, 11) is 1.66. The predicted octanol–water partition coefficient (Wildman–Crippen LogP) is 4.23. The lowest BCUT2D eigenvalue weighted by Crippen LogP contribution is -2.30. The van der Waals surface area contributed by atoms with Crippen LogP contribution in [0.25, 0.3) is 11.0 Å². The summed E-state index contributed by atoms with van der Waals surface area (Å²) in [6.07, 6.45) is 0.813. The number of para-hydroxylation sites is 2. The van der Waals surface area contributed by atoms with Crippen molar-refractivity contribution in [2.75, 3.05) is 7.11 Å². The predicted molar refractivity (Wildman–Crippen MR) is 103 cm³/mol. The SMILES string of the molecule is COCc1ccc(C(=O)NC(CC(C)C)c2nc3ccccc3[nH]2)cc1. The molecule has 0 radical (unpaired) electrons. The summed E-state index contributed by atoms with van der Waals surface area (Å²) in [5, 5.41) is 3.13. The molecule has 0 saturated heterocycles. The minimum Gasteiger partial charge on any atom is -0.380 e. The summed E-state index contributed by atoms with van der Waals surface area (Å²) in [6, 6.07) is 15.2. The number of carbonyl (C=O) groups is 1. The van der Waals surface area contributed by atoms with Gasteiger partial charge in [0.2, 0.25) is 0 Å². The molecule has 26 heavy (non-hydrogen) atoms. The number of carbonyl (C=O) groups excluding carboxylic acids is 1. The summed E-state index contributed by atoms with van der Waals surface area (Å²) in [6.45, 7) is 4.82. The van der Waals surface area contributed by atoms with E-state index in [1.165, 1.54) is 0 Å². The number of hydrogen-bond donors (Lipinski definition) is 2. The zero-order chi connectivity index (χ0) is 18.5. The number of rotatable bonds is 7. The highest BCUT2D eigenvalue weighted by molar-refractivity contribution is 5.94. The lowest BCUT2D eigenvalue weighted by atomic mass is 10.0. The number of methoxy groups -OCH3 is 1. The number of ether oxygens (including phenoxy) is 1. The smallest absolute Gasteiger partial charge is 0.251 e. The monoisotopic (exact) mass is 351 g/mol. The van der Waals surface area contributed by atoms with E-state index in [0.717, 1.165) is 28.8 Å². The minimum absolute atomic E-state index is 0.0972. The van der Waals surface area contributed by atoms with Crippen molar-refractivity contribution in [2.24, 2.45) is 5.92 Å². The van der Waals surface area contributed by atoms with Gasteiger partial charge in [0.25, 0.3) is 5.91 Å². The number of imidazole rings is 1. The number of nitrogens with zero attached hydrogens (tertiary/aromatic N) is 1. The fraction of sp³-hybridized carbons (Fsp3) is 0.333. The molecule has 0 aliphatic carbocycles. The first-order chi connectivity index (χ1) is 12.6. The normalized spacial score (nSPS) is 12.5. The lowest BCUT2D eigenvalue weighted by Gasteiger charge is -2.19. The van der Waals surface area contributed by atoms with E-state index in [1.54, 1.807) is 7.11 Å². The third kappa shape index (κ3) is 4.29. The quantitative estimate of drug-likeness (QED) is 0.669. The van der Waals surface area contributed by atoms with Gasteiger partial charge in [0.1, 0.15) is 5.82 Å². The fourth-order valence-corrected chi connectivity index (χ4v) is 3.01. The van der Waals surface area contributed by atoms with E-state index in [-0.39, 0.29) is 11.9 Å². The number of fused-ring (bicyclic) bond motifs is 1. The second kappa shape index (κ2) is 8.15. The molecule has 0 aliphatic heterocycles. The van der Waals surface area contributed by atoms with Crippen molar-refractivity contribution in [1.82, 2.24) is 15.3 Å². The Hall–Kier alpha value is -2.66. The Morgan fingerprint density at radius 1 is 1.15 bits per heavy atom. The van der Waals surface area contributed by atoms with Crippen LogP contribution in [0.2, 0.25) is 0 Å². The van der Waals surface area contributed by atoms with Gasteiger partial charge in [-0.3, -0.25) is 4.79 Å². The number of nitrogens with one attached hydrogen (secondary N) is 2. The minimum atomic E-state index is -0.159. The van der Waals surface area contributed by atoms with E-state index in [9.17, 15) is 4.79 Å². The van der Waals surface area contributed by atoms with Gasteiger partial charge in [0, 0.05) is 12.7 Å². The highest BCUT2D eigenvalue weighted by atomic mass is 16.5. The molecule has 2 aromatic carbocycles. The third-order valence-corrected chi connectivity index (χ3v) is 4.28. The Kier molecular flexibility index (Phi) is 5.68. The number of benzene rings is 2. The van der Waals surface area contributed by atoms with Gasteiger partial charge in [-0.15, -0.1) is 0 Å². The maximum absolute atomic E-state index is 12.7. The molecule has 1 aromatic heterocycles. The average Bonchev–Trinajstić information content (AvgIpc) is 3.06. The first-order valence-electron chi connectivity index (χ1n) is 8.90. The van der Waals surface area contributed by atoms with E-state index >= 15 is 0 Å². The molecule has 0 aliphatic rings. The topological polar surface area (TPSA) is 67.0 Å². The van der Waals surface area contributed by atoms with Crippen LogP contribution in [0.15, 0.2) is 48.5 Å². The fourth-order valence-electron chi connectivity index (χ4n) is 3.01. The van der Waals surface area contributed by atoms with E-state index in [1.807, 2.05) is 48.5 Å². The highest BCUT2D eigenvalue weighted by Gasteiger charge is 2.20. The van der Waals surface area contributed by atoms with Crippen LogP contribution in [0.1, 0.15) is 48.1 Å².